The van der Waals surface area contributed by atoms with Crippen LogP contribution in [0.4, 0.5) is 0 Å². The molecule has 0 aromatic carbocycles. The van der Waals surface area contributed by atoms with Gasteiger partial charge in [0.05, 0.1) is 0 Å². The van der Waals surface area contributed by atoms with Gasteiger partial charge in [-0.3, -0.25) is 0 Å². The van der Waals surface area contributed by atoms with Crippen LogP contribution >= 0.6 is 25.3 Å². The van der Waals surface area contributed by atoms with Crippen LogP contribution in [0.25, 0.3) is 0 Å². The zero-order chi connectivity index (χ0) is 4.12. The van der Waals surface area contributed by atoms with Crippen molar-refractivity contribution < 1.29 is 0 Å². The third-order valence-electron chi connectivity index (χ3n) is 0.211. The Morgan fingerprint density at radius 2 is 2.20 bits per heavy atom. The summed E-state index contributed by atoms with van der Waals surface area (Å²) in [6.07, 6.45) is 1.85. The Labute approximate surface area is 43.1 Å². The Morgan fingerprint density at radius 3 is 2.20 bits per heavy atom. The van der Waals surface area contributed by atoms with Gasteiger partial charge in [0, 0.05) is 5.75 Å². The van der Waals surface area contributed by atoms with Gasteiger partial charge < -0.3 is 0 Å². The second-order valence-electron chi connectivity index (χ2n) is 0.567. The average molecular weight is 106 g/mol. The van der Waals surface area contributed by atoms with Gasteiger partial charge in [0.15, 0.2) is 0 Å². The number of hydrogen-bond donors (Lipinski definition) is 2. The van der Waals surface area contributed by atoms with Crippen LogP contribution in [0.15, 0.2) is 11.5 Å². The molecular formula is C3H6S2. The first-order valence-corrected chi connectivity index (χ1v) is 2.46. The van der Waals surface area contributed by atoms with E-state index < -0.39 is 0 Å². The van der Waals surface area contributed by atoms with E-state index in [2.05, 4.69) is 25.3 Å². The van der Waals surface area contributed by atoms with E-state index in [9.17, 15) is 0 Å². The third kappa shape index (κ3) is 4.44. The maximum atomic E-state index is 3.86. The quantitative estimate of drug-likeness (QED) is 0.463. The van der Waals surface area contributed by atoms with Gasteiger partial charge in [-0.15, -0.1) is 0 Å². The van der Waals surface area contributed by atoms with E-state index >= 15 is 0 Å². The van der Waals surface area contributed by atoms with Crippen LogP contribution < -0.4 is 0 Å². The monoisotopic (exact) mass is 106 g/mol. The summed E-state index contributed by atoms with van der Waals surface area (Å²) in [6, 6.07) is 0. The van der Waals surface area contributed by atoms with Gasteiger partial charge in [0.25, 0.3) is 0 Å². The SMILES string of the molecule is S/C=C\CS. The largest absolute Gasteiger partial charge is 0.175 e. The summed E-state index contributed by atoms with van der Waals surface area (Å²) >= 11 is 7.64. The molecule has 0 bridgehead atoms. The smallest absolute Gasteiger partial charge is 0.00905 e. The molecule has 0 unspecified atom stereocenters. The molecule has 0 rings (SSSR count). The van der Waals surface area contributed by atoms with Crippen molar-refractivity contribution in [3.05, 3.63) is 11.5 Å². The zero-order valence-electron chi connectivity index (χ0n) is 2.76. The highest BCUT2D eigenvalue weighted by Gasteiger charge is 1.53. The van der Waals surface area contributed by atoms with Gasteiger partial charge in [0.1, 0.15) is 0 Å². The van der Waals surface area contributed by atoms with E-state index in [1.807, 2.05) is 6.08 Å². The molecule has 0 aromatic heterocycles. The van der Waals surface area contributed by atoms with Crippen LogP contribution in [0.3, 0.4) is 0 Å². The van der Waals surface area contributed by atoms with Crippen molar-refractivity contribution in [3.63, 3.8) is 0 Å². The van der Waals surface area contributed by atoms with Crippen LogP contribution in [0.2, 0.25) is 0 Å². The Morgan fingerprint density at radius 1 is 1.60 bits per heavy atom. The van der Waals surface area contributed by atoms with E-state index in [1.165, 1.54) is 0 Å². The molecule has 0 saturated heterocycles. The van der Waals surface area contributed by atoms with Crippen molar-refractivity contribution in [2.24, 2.45) is 0 Å². The topological polar surface area (TPSA) is 0 Å². The third-order valence-corrected chi connectivity index (χ3v) is 0.632. The van der Waals surface area contributed by atoms with Crippen molar-refractivity contribution in [2.45, 2.75) is 0 Å². The number of hydrogen-bond acceptors (Lipinski definition) is 2. The maximum Gasteiger partial charge on any atom is 0.00905 e. The minimum absolute atomic E-state index is 0.781. The van der Waals surface area contributed by atoms with E-state index in [4.69, 9.17) is 0 Å². The fourth-order valence-corrected chi connectivity index (χ4v) is 0.424. The average Bonchev–Trinajstić information content (AvgIpc) is 1.41. The summed E-state index contributed by atoms with van der Waals surface area (Å²) in [5.41, 5.74) is 0. The van der Waals surface area contributed by atoms with E-state index in [-0.39, 0.29) is 0 Å². The molecule has 0 aliphatic heterocycles. The molecule has 0 radical (unpaired) electrons. The Hall–Kier alpha value is 0.440. The molecule has 0 nitrogen and oxygen atoms in total. The fourth-order valence-electron chi connectivity index (χ4n) is 0.0471. The molecule has 30 valence electrons. The number of rotatable bonds is 1. The van der Waals surface area contributed by atoms with Crippen molar-refractivity contribution in [2.75, 3.05) is 5.75 Å². The highest BCUT2D eigenvalue weighted by molar-refractivity contribution is 7.83. The van der Waals surface area contributed by atoms with Crippen molar-refractivity contribution in [1.82, 2.24) is 0 Å². The molecule has 0 heterocycles. The van der Waals surface area contributed by atoms with Crippen molar-refractivity contribution in [3.8, 4) is 0 Å². The van der Waals surface area contributed by atoms with Crippen LogP contribution in [0.1, 0.15) is 0 Å². The summed E-state index contributed by atoms with van der Waals surface area (Å²) < 4.78 is 0. The Bertz CT molecular complexity index is 31.9. The summed E-state index contributed by atoms with van der Waals surface area (Å²) in [5, 5.41) is 1.67. The van der Waals surface area contributed by atoms with Gasteiger partial charge in [0.2, 0.25) is 0 Å². The Kier molecular flexibility index (Phi) is 4.83. The standard InChI is InChI=1S/C3H6S2/c4-2-1-3-5/h1-2,4-5H,3H2/b2-1-. The molecule has 0 aliphatic carbocycles. The van der Waals surface area contributed by atoms with Crippen molar-refractivity contribution >= 4 is 25.3 Å². The molecule has 2 heteroatoms. The predicted octanol–water partition coefficient (Wildman–Crippen LogP) is 1.36. The lowest BCUT2D eigenvalue weighted by molar-refractivity contribution is 1.84. The molecule has 0 atom stereocenters. The second-order valence-corrected chi connectivity index (χ2v) is 1.23. The molecule has 0 amide bonds. The van der Waals surface area contributed by atoms with E-state index in [0.29, 0.717) is 0 Å². The van der Waals surface area contributed by atoms with Crippen LogP contribution in [-0.2, 0) is 0 Å². The highest BCUT2D eigenvalue weighted by Crippen LogP contribution is 1.77. The lowest BCUT2D eigenvalue weighted by atomic mass is 10.8. The predicted molar refractivity (Wildman–Crippen MR) is 32.0 cm³/mol. The van der Waals surface area contributed by atoms with Gasteiger partial charge in [-0.2, -0.15) is 25.3 Å². The number of thiol groups is 2. The van der Waals surface area contributed by atoms with E-state index in [0.717, 1.165) is 5.75 Å². The molecule has 0 N–H and O–H groups in total. The normalized spacial score (nSPS) is 10.0. The lowest BCUT2D eigenvalue weighted by Gasteiger charge is -1.64. The summed E-state index contributed by atoms with van der Waals surface area (Å²) in [7, 11) is 0. The van der Waals surface area contributed by atoms with Gasteiger partial charge in [-0.05, 0) is 5.41 Å². The minimum Gasteiger partial charge on any atom is -0.175 e. The Balaban J connectivity index is 2.62. The maximum absolute atomic E-state index is 3.86. The highest BCUT2D eigenvalue weighted by atomic mass is 32.1. The first-order valence-electron chi connectivity index (χ1n) is 1.32. The summed E-state index contributed by atoms with van der Waals surface area (Å²) in [5.74, 6) is 0.781. The molecule has 0 fully saturated rings. The molecule has 0 aliphatic rings. The fraction of sp³-hybridized carbons (Fsp3) is 0.333. The molecule has 0 spiro atoms. The molecular weight excluding hydrogens is 100 g/mol. The first kappa shape index (κ1) is 5.44. The van der Waals surface area contributed by atoms with E-state index in [1.54, 1.807) is 5.41 Å². The van der Waals surface area contributed by atoms with Gasteiger partial charge in [-0.1, -0.05) is 6.08 Å². The van der Waals surface area contributed by atoms with Crippen LogP contribution in [0.5, 0.6) is 0 Å². The van der Waals surface area contributed by atoms with Crippen molar-refractivity contribution in [1.29, 1.82) is 0 Å². The van der Waals surface area contributed by atoms with Crippen LogP contribution in [-0.4, -0.2) is 5.75 Å². The zero-order valence-corrected chi connectivity index (χ0v) is 4.55. The van der Waals surface area contributed by atoms with Gasteiger partial charge >= 0.3 is 0 Å². The van der Waals surface area contributed by atoms with Gasteiger partial charge in [-0.25, -0.2) is 0 Å². The summed E-state index contributed by atoms with van der Waals surface area (Å²) in [6.45, 7) is 0. The first-order chi connectivity index (χ1) is 2.41. The summed E-state index contributed by atoms with van der Waals surface area (Å²) in [4.78, 5) is 0. The van der Waals surface area contributed by atoms with Crippen LogP contribution in [0, 0.1) is 0 Å². The minimum atomic E-state index is 0.781. The molecule has 0 saturated carbocycles. The lowest BCUT2D eigenvalue weighted by Crippen LogP contribution is -1.49. The molecule has 5 heavy (non-hydrogen) atoms. The second kappa shape index (κ2) is 4.44. The molecule has 0 aromatic rings.